The fraction of sp³-hybridized carbons (Fsp3) is 0.450. The zero-order chi connectivity index (χ0) is 19.2. The molecule has 0 spiro atoms. The molecule has 1 aliphatic rings. The van der Waals surface area contributed by atoms with E-state index in [9.17, 15) is 4.79 Å². The minimum absolute atomic E-state index is 0.705. The summed E-state index contributed by atoms with van der Waals surface area (Å²) < 4.78 is 0. The minimum atomic E-state index is 0.705. The lowest BCUT2D eigenvalue weighted by Crippen LogP contribution is -2.46. The molecule has 1 fully saturated rings. The number of rotatable bonds is 7. The first-order valence-electron chi connectivity index (χ1n) is 9.55. The molecule has 1 aliphatic heterocycles. The molecule has 0 bridgehead atoms. The fourth-order valence-corrected chi connectivity index (χ4v) is 3.28. The Labute approximate surface area is 161 Å². The van der Waals surface area contributed by atoms with Gasteiger partial charge in [-0.25, -0.2) is 4.98 Å². The van der Waals surface area contributed by atoms with E-state index in [4.69, 9.17) is 0 Å². The van der Waals surface area contributed by atoms with Crippen LogP contribution in [-0.2, 0) is 4.79 Å². The van der Waals surface area contributed by atoms with Gasteiger partial charge in [-0.15, -0.1) is 0 Å². The Morgan fingerprint density at radius 2 is 1.74 bits per heavy atom. The van der Waals surface area contributed by atoms with Crippen LogP contribution in [-0.4, -0.2) is 60.5 Å². The molecule has 0 unspecified atom stereocenters. The quantitative estimate of drug-likeness (QED) is 0.758. The van der Waals surface area contributed by atoms with Crippen LogP contribution in [0.1, 0.15) is 19.5 Å². The molecule has 1 N–H and O–H groups in total. The first-order valence-corrected chi connectivity index (χ1v) is 9.55. The van der Waals surface area contributed by atoms with E-state index >= 15 is 0 Å². The van der Waals surface area contributed by atoms with Crippen LogP contribution < -0.4 is 15.1 Å². The van der Waals surface area contributed by atoms with Crippen molar-refractivity contribution < 1.29 is 4.79 Å². The topological polar surface area (TPSA) is 64.6 Å². The maximum Gasteiger partial charge on any atom is 0.227 e. The maximum atomic E-state index is 10.9. The minimum Gasteiger partial charge on any atom is -0.372 e. The zero-order valence-electron chi connectivity index (χ0n) is 16.4. The third-order valence-corrected chi connectivity index (χ3v) is 4.86. The monoisotopic (exact) mass is 368 g/mol. The van der Waals surface area contributed by atoms with Gasteiger partial charge in [-0.05, 0) is 45.0 Å². The van der Waals surface area contributed by atoms with Crippen LogP contribution >= 0.6 is 0 Å². The number of hydrogen-bond donors (Lipinski definition) is 1. The van der Waals surface area contributed by atoms with Crippen molar-refractivity contribution in [3.8, 4) is 0 Å². The van der Waals surface area contributed by atoms with Crippen LogP contribution in [0.25, 0.3) is 0 Å². The number of amides is 1. The summed E-state index contributed by atoms with van der Waals surface area (Å²) in [5.74, 6) is 1.49. The van der Waals surface area contributed by atoms with Gasteiger partial charge in [-0.1, -0.05) is 0 Å². The fourth-order valence-electron chi connectivity index (χ4n) is 3.28. The van der Waals surface area contributed by atoms with Crippen molar-refractivity contribution >= 4 is 29.6 Å². The summed E-state index contributed by atoms with van der Waals surface area (Å²) in [6.07, 6.45) is 0.906. The molecule has 27 heavy (non-hydrogen) atoms. The second kappa shape index (κ2) is 8.70. The van der Waals surface area contributed by atoms with Gasteiger partial charge < -0.3 is 20.0 Å². The van der Waals surface area contributed by atoms with Gasteiger partial charge in [0.1, 0.15) is 5.82 Å². The summed E-state index contributed by atoms with van der Waals surface area (Å²) in [6.45, 7) is 11.2. The van der Waals surface area contributed by atoms with Gasteiger partial charge >= 0.3 is 0 Å². The number of nitrogens with zero attached hydrogens (tertiary/aromatic N) is 5. The molecule has 1 amide bonds. The molecular weight excluding hydrogens is 340 g/mol. The second-order valence-corrected chi connectivity index (χ2v) is 6.67. The Morgan fingerprint density at radius 3 is 2.33 bits per heavy atom. The Bertz CT molecular complexity index is 752. The number of aryl methyl sites for hydroxylation is 1. The van der Waals surface area contributed by atoms with E-state index in [1.807, 2.05) is 13.0 Å². The molecule has 0 saturated carbocycles. The highest BCUT2D eigenvalue weighted by Gasteiger charge is 2.18. The highest BCUT2D eigenvalue weighted by Crippen LogP contribution is 2.22. The summed E-state index contributed by atoms with van der Waals surface area (Å²) in [6, 6.07) is 10.4. The van der Waals surface area contributed by atoms with Crippen LogP contribution in [0, 0.1) is 6.92 Å². The van der Waals surface area contributed by atoms with E-state index in [1.54, 1.807) is 4.90 Å². The lowest BCUT2D eigenvalue weighted by Gasteiger charge is -2.32. The molecule has 0 radical (unpaired) electrons. The standard InChI is InChI=1S/C20H28N6O/c1-4-25(5-2)18-8-6-17(7-9-18)22-19-14-16(3)21-20(23-19)26-12-10-24(15-27)11-13-26/h6-9,14-15H,4-5,10-13H2,1-3H3,(H,21,22,23). The maximum absolute atomic E-state index is 10.9. The molecule has 0 aliphatic carbocycles. The molecule has 144 valence electrons. The van der Waals surface area contributed by atoms with Crippen molar-refractivity contribution in [2.24, 2.45) is 0 Å². The number of carbonyl (C=O) groups is 1. The molecule has 1 saturated heterocycles. The van der Waals surface area contributed by atoms with Crippen LogP contribution in [0.15, 0.2) is 30.3 Å². The number of aromatic nitrogens is 2. The summed E-state index contributed by atoms with van der Waals surface area (Å²) in [7, 11) is 0. The number of carbonyl (C=O) groups excluding carboxylic acids is 1. The van der Waals surface area contributed by atoms with Crippen molar-refractivity contribution in [3.63, 3.8) is 0 Å². The van der Waals surface area contributed by atoms with Crippen molar-refractivity contribution in [1.82, 2.24) is 14.9 Å². The number of piperazine rings is 1. The number of benzene rings is 1. The van der Waals surface area contributed by atoms with E-state index in [0.29, 0.717) is 19.0 Å². The highest BCUT2D eigenvalue weighted by molar-refractivity contribution is 5.62. The number of hydrogen-bond acceptors (Lipinski definition) is 6. The van der Waals surface area contributed by atoms with Gasteiger partial charge in [0.2, 0.25) is 12.4 Å². The lowest BCUT2D eigenvalue weighted by molar-refractivity contribution is -0.118. The Hall–Kier alpha value is -2.83. The summed E-state index contributed by atoms with van der Waals surface area (Å²) in [5, 5.41) is 3.38. The third kappa shape index (κ3) is 4.67. The molecule has 2 heterocycles. The molecule has 7 heteroatoms. The van der Waals surface area contributed by atoms with E-state index < -0.39 is 0 Å². The number of anilines is 4. The smallest absolute Gasteiger partial charge is 0.227 e. The van der Waals surface area contributed by atoms with Crippen molar-refractivity contribution in [3.05, 3.63) is 36.0 Å². The summed E-state index contributed by atoms with van der Waals surface area (Å²) >= 11 is 0. The van der Waals surface area contributed by atoms with E-state index in [0.717, 1.165) is 49.8 Å². The predicted molar refractivity (Wildman–Crippen MR) is 110 cm³/mol. The molecule has 2 aromatic rings. The molecule has 0 atom stereocenters. The van der Waals surface area contributed by atoms with E-state index in [2.05, 4.69) is 63.2 Å². The summed E-state index contributed by atoms with van der Waals surface area (Å²) in [5.41, 5.74) is 3.14. The van der Waals surface area contributed by atoms with E-state index in [-0.39, 0.29) is 0 Å². The Balaban J connectivity index is 1.72. The van der Waals surface area contributed by atoms with Crippen molar-refractivity contribution in [1.29, 1.82) is 0 Å². The second-order valence-electron chi connectivity index (χ2n) is 6.67. The van der Waals surface area contributed by atoms with E-state index in [1.165, 1.54) is 5.69 Å². The van der Waals surface area contributed by atoms with Gasteiger partial charge in [0.15, 0.2) is 0 Å². The first kappa shape index (κ1) is 18.9. The van der Waals surface area contributed by atoms with Crippen LogP contribution in [0.4, 0.5) is 23.1 Å². The largest absolute Gasteiger partial charge is 0.372 e. The van der Waals surface area contributed by atoms with Crippen molar-refractivity contribution in [2.45, 2.75) is 20.8 Å². The zero-order valence-corrected chi connectivity index (χ0v) is 16.4. The molecule has 1 aromatic heterocycles. The van der Waals surface area contributed by atoms with Gasteiger partial charge in [0.25, 0.3) is 0 Å². The summed E-state index contributed by atoms with van der Waals surface area (Å²) in [4.78, 5) is 26.4. The molecular formula is C20H28N6O. The average molecular weight is 368 g/mol. The Kier molecular flexibility index (Phi) is 6.11. The average Bonchev–Trinajstić information content (AvgIpc) is 2.70. The predicted octanol–water partition coefficient (Wildman–Crippen LogP) is 2.65. The Morgan fingerprint density at radius 1 is 1.07 bits per heavy atom. The normalized spacial score (nSPS) is 14.2. The first-order chi connectivity index (χ1) is 13.1. The highest BCUT2D eigenvalue weighted by atomic mass is 16.1. The van der Waals surface area contributed by atoms with Gasteiger partial charge in [-0.2, -0.15) is 4.98 Å². The van der Waals surface area contributed by atoms with Crippen LogP contribution in [0.3, 0.4) is 0 Å². The lowest BCUT2D eigenvalue weighted by atomic mass is 10.2. The molecule has 7 nitrogen and oxygen atoms in total. The van der Waals surface area contributed by atoms with Gasteiger partial charge in [0.05, 0.1) is 0 Å². The molecule has 1 aromatic carbocycles. The van der Waals surface area contributed by atoms with Crippen molar-refractivity contribution in [2.75, 3.05) is 54.4 Å². The van der Waals surface area contributed by atoms with Crippen LogP contribution in [0.5, 0.6) is 0 Å². The number of nitrogens with one attached hydrogen (secondary N) is 1. The van der Waals surface area contributed by atoms with Gasteiger partial charge in [-0.3, -0.25) is 4.79 Å². The third-order valence-electron chi connectivity index (χ3n) is 4.86. The van der Waals surface area contributed by atoms with Gasteiger partial charge in [0, 0.05) is 62.4 Å². The van der Waals surface area contributed by atoms with Crippen LogP contribution in [0.2, 0.25) is 0 Å². The SMILES string of the molecule is CCN(CC)c1ccc(Nc2cc(C)nc(N3CCN(C=O)CC3)n2)cc1. The molecule has 3 rings (SSSR count).